The van der Waals surface area contributed by atoms with E-state index in [1.807, 2.05) is 0 Å². The molecule has 0 aliphatic carbocycles. The van der Waals surface area contributed by atoms with Crippen LogP contribution in [0.25, 0.3) is 10.9 Å². The molecule has 0 aliphatic heterocycles. The second kappa shape index (κ2) is 3.46. The molecule has 2 nitrogen and oxygen atoms in total. The number of nitrogens with one attached hydrogen (secondary N) is 1. The Kier molecular flexibility index (Phi) is 2.30. The first-order chi connectivity index (χ1) is 6.65. The molecule has 0 radical (unpaired) electrons. The maximum atomic E-state index is 3.43. The van der Waals surface area contributed by atoms with Crippen LogP contribution in [0.15, 0.2) is 24.3 Å². The zero-order chi connectivity index (χ0) is 10.1. The van der Waals surface area contributed by atoms with Gasteiger partial charge in [0.05, 0.1) is 0 Å². The highest BCUT2D eigenvalue weighted by atomic mass is 15.1. The highest BCUT2D eigenvalue weighted by Gasteiger charge is 2.01. The SMILES string of the molecule is Cc1ccc2cc(CN(C)C)[nH]c2c1. The van der Waals surface area contributed by atoms with Crippen molar-refractivity contribution in [3.63, 3.8) is 0 Å². The topological polar surface area (TPSA) is 19.0 Å². The number of nitrogens with zero attached hydrogens (tertiary/aromatic N) is 1. The molecule has 0 fully saturated rings. The zero-order valence-corrected chi connectivity index (χ0v) is 8.96. The van der Waals surface area contributed by atoms with Gasteiger partial charge in [-0.05, 0) is 44.1 Å². The first-order valence-corrected chi connectivity index (χ1v) is 4.88. The molecule has 2 aromatic rings. The van der Waals surface area contributed by atoms with Crippen LogP contribution in [0.2, 0.25) is 0 Å². The molecule has 14 heavy (non-hydrogen) atoms. The second-order valence-electron chi connectivity index (χ2n) is 4.12. The smallest absolute Gasteiger partial charge is 0.0459 e. The first kappa shape index (κ1) is 9.28. The third-order valence-corrected chi connectivity index (χ3v) is 2.32. The minimum Gasteiger partial charge on any atom is -0.357 e. The van der Waals surface area contributed by atoms with Crippen molar-refractivity contribution in [1.82, 2.24) is 9.88 Å². The van der Waals surface area contributed by atoms with Gasteiger partial charge in [-0.2, -0.15) is 0 Å². The molecule has 0 bridgehead atoms. The molecule has 2 heteroatoms. The van der Waals surface area contributed by atoms with Crippen LogP contribution >= 0.6 is 0 Å². The molecule has 1 heterocycles. The van der Waals surface area contributed by atoms with E-state index in [1.165, 1.54) is 22.2 Å². The van der Waals surface area contributed by atoms with Gasteiger partial charge in [0.15, 0.2) is 0 Å². The summed E-state index contributed by atoms with van der Waals surface area (Å²) in [5.41, 5.74) is 3.81. The van der Waals surface area contributed by atoms with Crippen LogP contribution in [0.5, 0.6) is 0 Å². The molecule has 0 saturated carbocycles. The van der Waals surface area contributed by atoms with Crippen molar-refractivity contribution in [1.29, 1.82) is 0 Å². The molecule has 2 rings (SSSR count). The van der Waals surface area contributed by atoms with E-state index in [-0.39, 0.29) is 0 Å². The number of H-pyrrole nitrogens is 1. The molecule has 0 aliphatic rings. The van der Waals surface area contributed by atoms with E-state index in [2.05, 4.69) is 55.2 Å². The van der Waals surface area contributed by atoms with Gasteiger partial charge in [0.1, 0.15) is 0 Å². The van der Waals surface area contributed by atoms with Gasteiger partial charge in [-0.3, -0.25) is 0 Å². The maximum Gasteiger partial charge on any atom is 0.0459 e. The molecule has 0 saturated heterocycles. The monoisotopic (exact) mass is 188 g/mol. The number of hydrogen-bond acceptors (Lipinski definition) is 1. The van der Waals surface area contributed by atoms with E-state index in [9.17, 15) is 0 Å². The van der Waals surface area contributed by atoms with E-state index < -0.39 is 0 Å². The lowest BCUT2D eigenvalue weighted by Crippen LogP contribution is -2.10. The molecule has 74 valence electrons. The minimum absolute atomic E-state index is 0.966. The van der Waals surface area contributed by atoms with E-state index >= 15 is 0 Å². The highest BCUT2D eigenvalue weighted by Crippen LogP contribution is 2.17. The van der Waals surface area contributed by atoms with Crippen LogP contribution < -0.4 is 0 Å². The largest absolute Gasteiger partial charge is 0.357 e. The standard InChI is InChI=1S/C12H16N2/c1-9-4-5-10-7-11(8-14(2)3)13-12(10)6-9/h4-7,13H,8H2,1-3H3. The Morgan fingerprint density at radius 1 is 1.21 bits per heavy atom. The minimum atomic E-state index is 0.966. The number of aromatic amines is 1. The fraction of sp³-hybridized carbons (Fsp3) is 0.333. The Labute approximate surface area is 84.5 Å². The third kappa shape index (κ3) is 1.80. The number of benzene rings is 1. The predicted octanol–water partition coefficient (Wildman–Crippen LogP) is 2.54. The Hall–Kier alpha value is -1.28. The molecule has 1 aromatic carbocycles. The van der Waals surface area contributed by atoms with Crippen LogP contribution in [-0.2, 0) is 6.54 Å². The predicted molar refractivity (Wildman–Crippen MR) is 60.4 cm³/mol. The number of hydrogen-bond donors (Lipinski definition) is 1. The van der Waals surface area contributed by atoms with E-state index in [4.69, 9.17) is 0 Å². The normalized spacial score (nSPS) is 11.4. The molecule has 0 amide bonds. The lowest BCUT2D eigenvalue weighted by Gasteiger charge is -2.06. The molecular weight excluding hydrogens is 172 g/mol. The lowest BCUT2D eigenvalue weighted by atomic mass is 10.2. The number of rotatable bonds is 2. The Morgan fingerprint density at radius 2 is 2.00 bits per heavy atom. The summed E-state index contributed by atoms with van der Waals surface area (Å²) in [6.45, 7) is 3.08. The van der Waals surface area contributed by atoms with Crippen LogP contribution in [0, 0.1) is 6.92 Å². The fourth-order valence-electron chi connectivity index (χ4n) is 1.73. The Morgan fingerprint density at radius 3 is 2.71 bits per heavy atom. The molecule has 0 atom stereocenters. The second-order valence-corrected chi connectivity index (χ2v) is 4.12. The van der Waals surface area contributed by atoms with E-state index in [1.54, 1.807) is 0 Å². The third-order valence-electron chi connectivity index (χ3n) is 2.32. The summed E-state index contributed by atoms with van der Waals surface area (Å²) in [6.07, 6.45) is 0. The maximum absolute atomic E-state index is 3.43. The quantitative estimate of drug-likeness (QED) is 0.767. The summed E-state index contributed by atoms with van der Waals surface area (Å²) in [5, 5.41) is 1.30. The summed E-state index contributed by atoms with van der Waals surface area (Å²) >= 11 is 0. The Balaban J connectivity index is 2.41. The summed E-state index contributed by atoms with van der Waals surface area (Å²) in [6, 6.07) is 8.72. The average molecular weight is 188 g/mol. The molecular formula is C12H16N2. The fourth-order valence-corrected chi connectivity index (χ4v) is 1.73. The number of aryl methyl sites for hydroxylation is 1. The molecule has 1 aromatic heterocycles. The van der Waals surface area contributed by atoms with Crippen LogP contribution in [-0.4, -0.2) is 24.0 Å². The van der Waals surface area contributed by atoms with Crippen molar-refractivity contribution in [2.24, 2.45) is 0 Å². The van der Waals surface area contributed by atoms with Crippen molar-refractivity contribution >= 4 is 10.9 Å². The summed E-state index contributed by atoms with van der Waals surface area (Å²) < 4.78 is 0. The van der Waals surface area contributed by atoms with Gasteiger partial charge in [0.25, 0.3) is 0 Å². The van der Waals surface area contributed by atoms with E-state index in [0.29, 0.717) is 0 Å². The zero-order valence-electron chi connectivity index (χ0n) is 8.96. The van der Waals surface area contributed by atoms with Crippen molar-refractivity contribution in [2.45, 2.75) is 13.5 Å². The Bertz CT molecular complexity index is 441. The van der Waals surface area contributed by atoms with Gasteiger partial charge >= 0.3 is 0 Å². The van der Waals surface area contributed by atoms with Gasteiger partial charge < -0.3 is 9.88 Å². The first-order valence-electron chi connectivity index (χ1n) is 4.88. The highest BCUT2D eigenvalue weighted by molar-refractivity contribution is 5.80. The van der Waals surface area contributed by atoms with Crippen molar-refractivity contribution in [2.75, 3.05) is 14.1 Å². The summed E-state index contributed by atoms with van der Waals surface area (Å²) in [4.78, 5) is 5.59. The number of aromatic nitrogens is 1. The molecule has 1 N–H and O–H groups in total. The van der Waals surface area contributed by atoms with Crippen molar-refractivity contribution in [3.05, 3.63) is 35.5 Å². The van der Waals surface area contributed by atoms with Crippen molar-refractivity contribution in [3.8, 4) is 0 Å². The van der Waals surface area contributed by atoms with E-state index in [0.717, 1.165) is 6.54 Å². The van der Waals surface area contributed by atoms with Gasteiger partial charge in [0.2, 0.25) is 0 Å². The molecule has 0 unspecified atom stereocenters. The van der Waals surface area contributed by atoms with Gasteiger partial charge in [0, 0.05) is 17.8 Å². The lowest BCUT2D eigenvalue weighted by molar-refractivity contribution is 0.398. The van der Waals surface area contributed by atoms with Crippen LogP contribution in [0.1, 0.15) is 11.3 Å². The van der Waals surface area contributed by atoms with Crippen LogP contribution in [0.4, 0.5) is 0 Å². The van der Waals surface area contributed by atoms with Gasteiger partial charge in [-0.15, -0.1) is 0 Å². The molecule has 0 spiro atoms. The summed E-state index contributed by atoms with van der Waals surface area (Å²) in [5.74, 6) is 0. The number of fused-ring (bicyclic) bond motifs is 1. The van der Waals surface area contributed by atoms with Crippen molar-refractivity contribution < 1.29 is 0 Å². The average Bonchev–Trinajstić information content (AvgIpc) is 2.44. The van der Waals surface area contributed by atoms with Gasteiger partial charge in [-0.25, -0.2) is 0 Å². The summed E-state index contributed by atoms with van der Waals surface area (Å²) in [7, 11) is 4.16. The van der Waals surface area contributed by atoms with Gasteiger partial charge in [-0.1, -0.05) is 12.1 Å². The van der Waals surface area contributed by atoms with Crippen LogP contribution in [0.3, 0.4) is 0 Å².